The molecule has 0 bridgehead atoms. The second-order valence-corrected chi connectivity index (χ2v) is 10.5. The fourth-order valence-electron chi connectivity index (χ4n) is 4.62. The first-order valence-corrected chi connectivity index (χ1v) is 14.6. The average Bonchev–Trinajstić information content (AvgIpc) is 3.27. The molecule has 2 aromatic rings. The summed E-state index contributed by atoms with van der Waals surface area (Å²) in [5.41, 5.74) is -0.867. The summed E-state index contributed by atoms with van der Waals surface area (Å²) in [6.07, 6.45) is -11.0. The Morgan fingerprint density at radius 3 is 1.98 bits per heavy atom. The molecule has 12 nitrogen and oxygen atoms in total. The number of halogens is 3. The van der Waals surface area contributed by atoms with E-state index in [9.17, 15) is 32.3 Å². The van der Waals surface area contributed by atoms with Gasteiger partial charge in [0, 0.05) is 45.6 Å². The number of alkyl halides is 3. The maximum absolute atomic E-state index is 14.4. The highest BCUT2D eigenvalue weighted by molar-refractivity contribution is 7.98. The van der Waals surface area contributed by atoms with Gasteiger partial charge in [0.2, 0.25) is 18.3 Å². The Bertz CT molecular complexity index is 1350. The number of carbonyl (C=O) groups excluding carboxylic acids is 4. The van der Waals surface area contributed by atoms with Crippen molar-refractivity contribution in [3.05, 3.63) is 41.1 Å². The van der Waals surface area contributed by atoms with Crippen molar-refractivity contribution >= 4 is 35.6 Å². The molecule has 44 heavy (non-hydrogen) atoms. The van der Waals surface area contributed by atoms with E-state index in [0.717, 1.165) is 37.3 Å². The zero-order valence-corrected chi connectivity index (χ0v) is 25.7. The second kappa shape index (κ2) is 14.8. The van der Waals surface area contributed by atoms with Crippen LogP contribution in [0.1, 0.15) is 51.4 Å². The van der Waals surface area contributed by atoms with Gasteiger partial charge in [0.15, 0.2) is 12.2 Å². The van der Waals surface area contributed by atoms with Gasteiger partial charge < -0.3 is 28.4 Å². The van der Waals surface area contributed by atoms with Gasteiger partial charge in [0.05, 0.1) is 5.56 Å². The molecule has 1 unspecified atom stereocenters. The minimum Gasteiger partial charge on any atom is -0.463 e. The van der Waals surface area contributed by atoms with Crippen molar-refractivity contribution in [1.82, 2.24) is 9.78 Å². The fourth-order valence-corrected chi connectivity index (χ4v) is 5.03. The Balaban J connectivity index is 2.15. The summed E-state index contributed by atoms with van der Waals surface area (Å²) in [5.74, 6) is -3.83. The van der Waals surface area contributed by atoms with Crippen molar-refractivity contribution in [2.45, 2.75) is 89.4 Å². The predicted octanol–water partition coefficient (Wildman–Crippen LogP) is 3.70. The van der Waals surface area contributed by atoms with Gasteiger partial charge in [0.1, 0.15) is 18.4 Å². The van der Waals surface area contributed by atoms with Crippen LogP contribution in [0.3, 0.4) is 0 Å². The minimum absolute atomic E-state index is 0.171. The second-order valence-electron chi connectivity index (χ2n) is 9.66. The van der Waals surface area contributed by atoms with Crippen LogP contribution in [-0.4, -0.2) is 77.2 Å². The smallest absolute Gasteiger partial charge is 0.433 e. The molecular formula is C28H33F3N2O10S. The molecule has 0 N–H and O–H groups in total. The Hall–Kier alpha value is -3.79. The molecule has 2 heterocycles. The topological polar surface area (TPSA) is 141 Å². The number of hydrogen-bond donors (Lipinski definition) is 0. The maximum Gasteiger partial charge on any atom is 0.433 e. The zero-order valence-electron chi connectivity index (χ0n) is 24.8. The SMILES string of the molecule is CCn1nc(OC2O[C@H](COC(C)=O)[C@@H](OC(C)=O)[C@H](OC(C)=O)[C@H]2OC(C)=O)c(Cc2ccc(SC)cc2)c1C(F)(F)F. The summed E-state index contributed by atoms with van der Waals surface area (Å²) in [4.78, 5) is 48.7. The van der Waals surface area contributed by atoms with E-state index in [1.807, 2.05) is 6.26 Å². The number of aryl methyl sites for hydroxylation is 1. The van der Waals surface area contributed by atoms with Crippen LogP contribution >= 0.6 is 11.8 Å². The predicted molar refractivity (Wildman–Crippen MR) is 147 cm³/mol. The molecule has 1 aromatic carbocycles. The van der Waals surface area contributed by atoms with Crippen LogP contribution in [0.15, 0.2) is 29.2 Å². The van der Waals surface area contributed by atoms with Crippen molar-refractivity contribution in [3.63, 3.8) is 0 Å². The van der Waals surface area contributed by atoms with Gasteiger partial charge in [-0.15, -0.1) is 16.9 Å². The standard InChI is InChI=1S/C28H33F3N2O10S/c1-7-33-25(28(29,30)31)20(12-18-8-10-19(44-6)11-9-18)26(32-33)43-27-24(41-17(5)37)23(40-16(4)36)22(39-15(3)35)21(42-27)13-38-14(2)34/h8-11,21-24,27H,7,12-13H2,1-6H3/t21-,22-,23+,24-,27?/m1/s1. The lowest BCUT2D eigenvalue weighted by atomic mass is 9.98. The number of aromatic nitrogens is 2. The van der Waals surface area contributed by atoms with E-state index in [-0.39, 0.29) is 18.5 Å². The molecule has 1 aliphatic heterocycles. The van der Waals surface area contributed by atoms with Crippen LogP contribution in [0.25, 0.3) is 0 Å². The molecule has 1 aliphatic rings. The molecule has 16 heteroatoms. The Kier molecular flexibility index (Phi) is 11.7. The molecule has 0 radical (unpaired) electrons. The molecular weight excluding hydrogens is 613 g/mol. The van der Waals surface area contributed by atoms with Crippen molar-refractivity contribution in [1.29, 1.82) is 0 Å². The van der Waals surface area contributed by atoms with Crippen molar-refractivity contribution in [3.8, 4) is 5.88 Å². The molecule has 0 aliphatic carbocycles. The van der Waals surface area contributed by atoms with E-state index in [1.54, 1.807) is 24.3 Å². The summed E-state index contributed by atoms with van der Waals surface area (Å²) in [5, 5.41) is 4.06. The lowest BCUT2D eigenvalue weighted by Gasteiger charge is -2.43. The molecule has 3 rings (SSSR count). The Morgan fingerprint density at radius 1 is 0.909 bits per heavy atom. The number of carbonyl (C=O) groups is 4. The number of benzene rings is 1. The lowest BCUT2D eigenvalue weighted by Crippen LogP contribution is -2.63. The third-order valence-electron chi connectivity index (χ3n) is 6.30. The number of ether oxygens (including phenoxy) is 6. The van der Waals surface area contributed by atoms with E-state index < -0.39 is 78.9 Å². The van der Waals surface area contributed by atoms with E-state index in [0.29, 0.717) is 5.56 Å². The first-order chi connectivity index (χ1) is 20.6. The van der Waals surface area contributed by atoms with Crippen LogP contribution in [0, 0.1) is 0 Å². The summed E-state index contributed by atoms with van der Waals surface area (Å²) in [6, 6.07) is 6.87. The zero-order chi connectivity index (χ0) is 32.8. The molecule has 0 spiro atoms. The normalized spacial score (nSPS) is 21.7. The quantitative estimate of drug-likeness (QED) is 0.200. The molecule has 1 aromatic heterocycles. The molecule has 5 atom stereocenters. The lowest BCUT2D eigenvalue weighted by molar-refractivity contribution is -0.289. The van der Waals surface area contributed by atoms with Gasteiger partial charge >= 0.3 is 30.1 Å². The van der Waals surface area contributed by atoms with E-state index in [4.69, 9.17) is 28.4 Å². The number of hydrogen-bond acceptors (Lipinski definition) is 12. The van der Waals surface area contributed by atoms with Crippen LogP contribution in [0.2, 0.25) is 0 Å². The number of esters is 4. The molecule has 0 amide bonds. The highest BCUT2D eigenvalue weighted by Gasteiger charge is 2.54. The largest absolute Gasteiger partial charge is 0.463 e. The van der Waals surface area contributed by atoms with Gasteiger partial charge in [-0.1, -0.05) is 12.1 Å². The van der Waals surface area contributed by atoms with Crippen LogP contribution < -0.4 is 4.74 Å². The van der Waals surface area contributed by atoms with Crippen LogP contribution in [-0.2, 0) is 62.0 Å². The summed E-state index contributed by atoms with van der Waals surface area (Å²) in [7, 11) is 0. The van der Waals surface area contributed by atoms with E-state index in [1.165, 1.54) is 18.7 Å². The first kappa shape index (κ1) is 34.7. The third kappa shape index (κ3) is 8.87. The summed E-state index contributed by atoms with van der Waals surface area (Å²) >= 11 is 1.47. The third-order valence-corrected chi connectivity index (χ3v) is 7.04. The Labute approximate surface area is 255 Å². The Morgan fingerprint density at radius 2 is 1.48 bits per heavy atom. The minimum atomic E-state index is -4.83. The van der Waals surface area contributed by atoms with Gasteiger partial charge in [-0.3, -0.25) is 23.9 Å². The highest BCUT2D eigenvalue weighted by atomic mass is 32.2. The number of rotatable bonds is 11. The summed E-state index contributed by atoms with van der Waals surface area (Å²) in [6.45, 7) is 5.00. The van der Waals surface area contributed by atoms with E-state index in [2.05, 4.69) is 5.10 Å². The van der Waals surface area contributed by atoms with Crippen LogP contribution in [0.5, 0.6) is 5.88 Å². The van der Waals surface area contributed by atoms with E-state index >= 15 is 0 Å². The first-order valence-electron chi connectivity index (χ1n) is 13.4. The van der Waals surface area contributed by atoms with Gasteiger partial charge in [-0.05, 0) is 30.9 Å². The van der Waals surface area contributed by atoms with Gasteiger partial charge in [0.25, 0.3) is 0 Å². The highest BCUT2D eigenvalue weighted by Crippen LogP contribution is 2.39. The molecule has 242 valence electrons. The number of thioether (sulfide) groups is 1. The van der Waals surface area contributed by atoms with Crippen LogP contribution in [0.4, 0.5) is 13.2 Å². The van der Waals surface area contributed by atoms with Gasteiger partial charge in [-0.2, -0.15) is 13.2 Å². The molecule has 0 saturated carbocycles. The fraction of sp³-hybridized carbons (Fsp3) is 0.536. The average molecular weight is 647 g/mol. The van der Waals surface area contributed by atoms with Crippen molar-refractivity contribution in [2.75, 3.05) is 12.9 Å². The molecule has 1 saturated heterocycles. The summed E-state index contributed by atoms with van der Waals surface area (Å²) < 4.78 is 76.9. The maximum atomic E-state index is 14.4. The van der Waals surface area contributed by atoms with Crippen molar-refractivity contribution < 1.29 is 60.8 Å². The van der Waals surface area contributed by atoms with Gasteiger partial charge in [-0.25, -0.2) is 0 Å². The number of nitrogens with zero attached hydrogens (tertiary/aromatic N) is 2. The monoisotopic (exact) mass is 646 g/mol. The molecule has 1 fully saturated rings. The van der Waals surface area contributed by atoms with Crippen molar-refractivity contribution in [2.24, 2.45) is 0 Å².